The lowest BCUT2D eigenvalue weighted by Gasteiger charge is -2.27. The van der Waals surface area contributed by atoms with Gasteiger partial charge in [0, 0.05) is 12.8 Å². The summed E-state index contributed by atoms with van der Waals surface area (Å²) in [6.07, 6.45) is 74.4. The fourth-order valence-corrected chi connectivity index (χ4v) is 8.22. The van der Waals surface area contributed by atoms with E-state index < -0.39 is 20.0 Å². The summed E-state index contributed by atoms with van der Waals surface area (Å²) in [7, 11) is 1.42. The predicted molar refractivity (Wildman–Crippen MR) is 318 cm³/mol. The Bertz CT molecular complexity index is 1730. The first-order valence-electron chi connectivity index (χ1n) is 29.1. The number of likely N-dealkylation sites (N-methyl/N-ethyl adjacent to an activating group) is 1. The van der Waals surface area contributed by atoms with E-state index in [1.54, 1.807) is 0 Å². The number of hydrogen-bond acceptors (Lipinski definition) is 6. The van der Waals surface area contributed by atoms with Crippen LogP contribution >= 0.6 is 7.82 Å². The van der Waals surface area contributed by atoms with Gasteiger partial charge < -0.3 is 19.4 Å². The van der Waals surface area contributed by atoms with E-state index in [-0.39, 0.29) is 37.9 Å². The Labute approximate surface area is 454 Å². The van der Waals surface area contributed by atoms with Crippen molar-refractivity contribution in [3.63, 3.8) is 0 Å². The predicted octanol–water partition coefficient (Wildman–Crippen LogP) is 17.7. The molecule has 0 bridgehead atoms. The van der Waals surface area contributed by atoms with Crippen molar-refractivity contribution in [3.8, 4) is 0 Å². The number of nitrogens with zero attached hydrogens (tertiary/aromatic N) is 1. The van der Waals surface area contributed by atoms with Crippen LogP contribution in [-0.4, -0.2) is 74.3 Å². The van der Waals surface area contributed by atoms with Gasteiger partial charge in [-0.25, -0.2) is 4.57 Å². The van der Waals surface area contributed by atoms with Gasteiger partial charge in [-0.3, -0.25) is 18.6 Å². The quantitative estimate of drug-likeness (QED) is 0.0156. The molecule has 3 atom stereocenters. The zero-order valence-electron chi connectivity index (χ0n) is 47.8. The molecule has 0 heterocycles. The molecule has 9 nitrogen and oxygen atoms in total. The molecule has 0 rings (SSSR count). The van der Waals surface area contributed by atoms with Gasteiger partial charge in [0.05, 0.1) is 33.8 Å². The molecule has 0 aromatic carbocycles. The van der Waals surface area contributed by atoms with Gasteiger partial charge in [0.15, 0.2) is 0 Å². The Kier molecular flexibility index (Phi) is 49.8. The normalized spacial score (nSPS) is 14.7. The summed E-state index contributed by atoms with van der Waals surface area (Å²) in [5.74, 6) is -0.605. The number of unbranched alkanes of at least 4 members (excludes halogenated alkanes) is 19. The van der Waals surface area contributed by atoms with Crippen LogP contribution in [0.5, 0.6) is 0 Å². The van der Waals surface area contributed by atoms with Crippen LogP contribution in [0.15, 0.2) is 134 Å². The average molecular weight is 1050 g/mol. The molecular weight excluding hydrogens is 940 g/mol. The van der Waals surface area contributed by atoms with Crippen LogP contribution in [0, 0.1) is 0 Å². The van der Waals surface area contributed by atoms with Gasteiger partial charge in [0.1, 0.15) is 19.3 Å². The van der Waals surface area contributed by atoms with Crippen LogP contribution in [0.25, 0.3) is 0 Å². The molecule has 0 radical (unpaired) electrons. The van der Waals surface area contributed by atoms with Crippen molar-refractivity contribution in [1.82, 2.24) is 5.32 Å². The fourth-order valence-electron chi connectivity index (χ4n) is 7.48. The van der Waals surface area contributed by atoms with Crippen LogP contribution < -0.4 is 5.32 Å². The van der Waals surface area contributed by atoms with E-state index in [9.17, 15) is 19.0 Å². The second-order valence-electron chi connectivity index (χ2n) is 20.2. The number of carbonyl (C=O) groups is 2. The van der Waals surface area contributed by atoms with Gasteiger partial charge in [-0.15, -0.1) is 0 Å². The van der Waals surface area contributed by atoms with E-state index in [0.717, 1.165) is 83.5 Å². The molecule has 0 aliphatic rings. The maximum atomic E-state index is 13.5. The smallest absolute Gasteiger partial charge is 0.456 e. The number of nitrogens with one attached hydrogen (secondary N) is 1. The van der Waals surface area contributed by atoms with Crippen LogP contribution in [0.1, 0.15) is 207 Å². The highest BCUT2D eigenvalue weighted by Crippen LogP contribution is 2.43. The third-order valence-corrected chi connectivity index (χ3v) is 13.0. The monoisotopic (exact) mass is 1050 g/mol. The first kappa shape index (κ1) is 70.1. The number of ether oxygens (including phenoxy) is 1. The zero-order chi connectivity index (χ0) is 54.3. The molecule has 0 fully saturated rings. The molecule has 0 saturated carbocycles. The topological polar surface area (TPSA) is 111 Å². The van der Waals surface area contributed by atoms with Crippen molar-refractivity contribution in [1.29, 1.82) is 0 Å². The Morgan fingerprint density at radius 3 is 1.45 bits per heavy atom. The number of allylic oxidation sites excluding steroid dienone is 21. The van der Waals surface area contributed by atoms with Gasteiger partial charge in [-0.2, -0.15) is 0 Å². The minimum absolute atomic E-state index is 0.0180. The molecule has 420 valence electrons. The second kappa shape index (κ2) is 52.6. The Balaban J connectivity index is 5.50. The number of hydrogen-bond donors (Lipinski definition) is 2. The lowest BCUT2D eigenvalue weighted by Crippen LogP contribution is -2.47. The number of phosphoric ester groups is 1. The molecule has 74 heavy (non-hydrogen) atoms. The fraction of sp³-hybridized carbons (Fsp3) is 0.625. The van der Waals surface area contributed by atoms with Crippen LogP contribution in [0.3, 0.4) is 0 Å². The zero-order valence-corrected chi connectivity index (χ0v) is 48.7. The van der Waals surface area contributed by atoms with E-state index in [0.29, 0.717) is 23.9 Å². The van der Waals surface area contributed by atoms with Crippen LogP contribution in [0.4, 0.5) is 0 Å². The van der Waals surface area contributed by atoms with Gasteiger partial charge in [-0.05, 0) is 96.0 Å². The third-order valence-electron chi connectivity index (χ3n) is 12.0. The van der Waals surface area contributed by atoms with Crippen molar-refractivity contribution >= 4 is 19.7 Å². The summed E-state index contributed by atoms with van der Waals surface area (Å²) < 4.78 is 30.6. The summed E-state index contributed by atoms with van der Waals surface area (Å²) in [4.78, 5) is 37.6. The molecule has 3 unspecified atom stereocenters. The Morgan fingerprint density at radius 1 is 0.500 bits per heavy atom. The number of rotatable bonds is 50. The third kappa shape index (κ3) is 53.0. The van der Waals surface area contributed by atoms with E-state index in [2.05, 4.69) is 86.8 Å². The maximum absolute atomic E-state index is 13.5. The summed E-state index contributed by atoms with van der Waals surface area (Å²) in [6, 6.07) is -0.893. The number of quaternary nitrogens is 1. The molecule has 1 amide bonds. The number of esters is 1. The summed E-state index contributed by atoms with van der Waals surface area (Å²) in [6.45, 7) is 6.75. The molecule has 0 spiro atoms. The van der Waals surface area contributed by atoms with Crippen LogP contribution in [0.2, 0.25) is 0 Å². The first-order valence-corrected chi connectivity index (χ1v) is 30.6. The Hall–Kier alpha value is -3.85. The molecule has 0 aromatic heterocycles. The SMILES string of the molecule is CC\C=C/C=C/C=C/C=C\C=C\C=C\CCCCCC(=O)OC(/C=C/CCCCCCCCCCCC)C(COP(=O)(O)OCC[N+](C)(C)C)NC(=O)CCCCC/C=C\C/C=C\C/C=C\C/C=C\CCCCC. The summed E-state index contributed by atoms with van der Waals surface area (Å²) in [5, 5.41) is 3.02. The highest BCUT2D eigenvalue weighted by atomic mass is 31.2. The summed E-state index contributed by atoms with van der Waals surface area (Å²) in [5.41, 5.74) is 0. The lowest BCUT2D eigenvalue weighted by molar-refractivity contribution is -0.870. The number of carbonyl (C=O) groups excluding carboxylic acids is 2. The largest absolute Gasteiger partial charge is 0.472 e. The number of amides is 1. The van der Waals surface area contributed by atoms with E-state index in [4.69, 9.17) is 13.8 Å². The van der Waals surface area contributed by atoms with Gasteiger partial charge in [-0.1, -0.05) is 232 Å². The van der Waals surface area contributed by atoms with Crippen LogP contribution in [-0.2, 0) is 27.9 Å². The lowest BCUT2D eigenvalue weighted by atomic mass is 10.1. The van der Waals surface area contributed by atoms with Crippen molar-refractivity contribution in [2.24, 2.45) is 0 Å². The van der Waals surface area contributed by atoms with Gasteiger partial charge in [0.2, 0.25) is 5.91 Å². The Morgan fingerprint density at radius 2 is 0.919 bits per heavy atom. The maximum Gasteiger partial charge on any atom is 0.472 e. The second-order valence-corrected chi connectivity index (χ2v) is 21.7. The summed E-state index contributed by atoms with van der Waals surface area (Å²) >= 11 is 0. The van der Waals surface area contributed by atoms with E-state index in [1.165, 1.54) is 77.0 Å². The highest BCUT2D eigenvalue weighted by Gasteiger charge is 2.30. The van der Waals surface area contributed by atoms with Crippen molar-refractivity contribution in [2.75, 3.05) is 40.9 Å². The standard InChI is InChI=1S/C64H107N2O7P/c1-7-10-13-16-19-22-25-28-30-32-33-35-36-38-41-44-47-50-53-56-63(67)65-61(60-72-74(69,70)71-59-58-66(4,5)6)62(55-52-49-46-43-40-27-24-21-18-15-12-9-3)73-64(68)57-54-51-48-45-42-39-37-34-31-29-26-23-20-17-14-11-8-2/h11,14,17,19-20,22-23,26,28-31,33-35,37-39,41-42,52,55,61-62H,7-10,12-13,15-16,18,21,24-25,27,32,36,40,43-51,53-54,56-60H2,1-6H3,(H-,65,67,69,70)/p+1/b14-11-,20-17+,22-19-,26-23+,30-28-,31-29-,35-33-,37-34+,41-38-,42-39+,55-52+. The molecule has 10 heteroatoms. The molecule has 2 N–H and O–H groups in total. The highest BCUT2D eigenvalue weighted by molar-refractivity contribution is 7.47. The van der Waals surface area contributed by atoms with Crippen molar-refractivity contribution in [3.05, 3.63) is 134 Å². The number of phosphoric acid groups is 1. The average Bonchev–Trinajstić information content (AvgIpc) is 3.36. The van der Waals surface area contributed by atoms with E-state index >= 15 is 0 Å². The molecule has 0 aliphatic heterocycles. The molecule has 0 aromatic rings. The van der Waals surface area contributed by atoms with Gasteiger partial charge >= 0.3 is 13.8 Å². The minimum atomic E-state index is -4.48. The van der Waals surface area contributed by atoms with Crippen molar-refractivity contribution in [2.45, 2.75) is 219 Å². The molecule has 0 aliphatic carbocycles. The van der Waals surface area contributed by atoms with Crippen molar-refractivity contribution < 1.29 is 37.3 Å². The first-order chi connectivity index (χ1) is 35.9. The minimum Gasteiger partial charge on any atom is -0.456 e. The molecular formula is C64H108N2O7P+. The molecule has 0 saturated heterocycles. The van der Waals surface area contributed by atoms with E-state index in [1.807, 2.05) is 94.1 Å². The van der Waals surface area contributed by atoms with Gasteiger partial charge in [0.25, 0.3) is 0 Å².